The van der Waals surface area contributed by atoms with Gasteiger partial charge in [0.25, 0.3) is 5.56 Å². The molecule has 1 heterocycles. The maximum absolute atomic E-state index is 12.4. The molecule has 0 aliphatic heterocycles. The van der Waals surface area contributed by atoms with Gasteiger partial charge in [-0.15, -0.1) is 0 Å². The highest BCUT2D eigenvalue weighted by Gasteiger charge is 2.10. The summed E-state index contributed by atoms with van der Waals surface area (Å²) in [5.41, 5.74) is 1.37. The lowest BCUT2D eigenvalue weighted by Gasteiger charge is -2.09. The molecule has 0 aliphatic carbocycles. The molecule has 25 heavy (non-hydrogen) atoms. The standard InChI is InChI=1S/C19H19N3O3/c1-13-16-7-2-3-8-17(16)19(25)22(21-13)12-18(24)20-10-9-14-5-4-6-15(23)11-14/h2-8,11,23H,9-10,12H2,1H3,(H,20,24). The third-order valence-corrected chi connectivity index (χ3v) is 3.99. The van der Waals surface area contributed by atoms with E-state index >= 15 is 0 Å². The second-order valence-corrected chi connectivity index (χ2v) is 5.86. The Kier molecular flexibility index (Phi) is 4.79. The number of aromatic hydroxyl groups is 1. The van der Waals surface area contributed by atoms with Gasteiger partial charge in [-0.3, -0.25) is 9.59 Å². The number of benzene rings is 2. The molecule has 1 aromatic heterocycles. The van der Waals surface area contributed by atoms with Crippen molar-refractivity contribution in [1.82, 2.24) is 15.1 Å². The first-order valence-electron chi connectivity index (χ1n) is 8.05. The first kappa shape index (κ1) is 16.7. The Morgan fingerprint density at radius 3 is 2.68 bits per heavy atom. The summed E-state index contributed by atoms with van der Waals surface area (Å²) >= 11 is 0. The molecule has 0 aliphatic rings. The van der Waals surface area contributed by atoms with Gasteiger partial charge >= 0.3 is 0 Å². The van der Waals surface area contributed by atoms with Gasteiger partial charge in [0.1, 0.15) is 12.3 Å². The highest BCUT2D eigenvalue weighted by molar-refractivity contribution is 5.83. The van der Waals surface area contributed by atoms with Gasteiger partial charge in [0.05, 0.1) is 11.1 Å². The summed E-state index contributed by atoms with van der Waals surface area (Å²) in [5, 5.41) is 17.8. The smallest absolute Gasteiger partial charge is 0.275 e. The monoisotopic (exact) mass is 337 g/mol. The van der Waals surface area contributed by atoms with E-state index in [-0.39, 0.29) is 23.8 Å². The lowest BCUT2D eigenvalue weighted by molar-refractivity contribution is -0.121. The van der Waals surface area contributed by atoms with E-state index in [1.807, 2.05) is 25.1 Å². The van der Waals surface area contributed by atoms with Crippen LogP contribution in [-0.2, 0) is 17.8 Å². The Hall–Kier alpha value is -3.15. The largest absolute Gasteiger partial charge is 0.508 e. The molecule has 0 fully saturated rings. The second-order valence-electron chi connectivity index (χ2n) is 5.86. The summed E-state index contributed by atoms with van der Waals surface area (Å²) in [6.45, 7) is 2.12. The Morgan fingerprint density at radius 1 is 1.16 bits per heavy atom. The summed E-state index contributed by atoms with van der Waals surface area (Å²) in [6, 6.07) is 14.1. The summed E-state index contributed by atoms with van der Waals surface area (Å²) < 4.78 is 1.20. The van der Waals surface area contributed by atoms with Gasteiger partial charge in [0.15, 0.2) is 0 Å². The Morgan fingerprint density at radius 2 is 1.92 bits per heavy atom. The summed E-state index contributed by atoms with van der Waals surface area (Å²) in [6.07, 6.45) is 0.596. The van der Waals surface area contributed by atoms with Crippen LogP contribution < -0.4 is 10.9 Å². The second kappa shape index (κ2) is 7.17. The fraction of sp³-hybridized carbons (Fsp3) is 0.211. The normalized spacial score (nSPS) is 10.8. The van der Waals surface area contributed by atoms with E-state index in [0.29, 0.717) is 24.0 Å². The van der Waals surface area contributed by atoms with Gasteiger partial charge in [-0.1, -0.05) is 30.3 Å². The van der Waals surface area contributed by atoms with E-state index in [1.54, 1.807) is 30.3 Å². The molecule has 0 radical (unpaired) electrons. The number of carbonyl (C=O) groups excluding carboxylic acids is 1. The first-order chi connectivity index (χ1) is 12.0. The summed E-state index contributed by atoms with van der Waals surface area (Å²) in [4.78, 5) is 24.6. The van der Waals surface area contributed by atoms with E-state index < -0.39 is 0 Å². The molecule has 0 saturated carbocycles. The van der Waals surface area contributed by atoms with Crippen LogP contribution in [0.15, 0.2) is 53.3 Å². The number of nitrogens with zero attached hydrogens (tertiary/aromatic N) is 2. The molecule has 128 valence electrons. The highest BCUT2D eigenvalue weighted by atomic mass is 16.3. The van der Waals surface area contributed by atoms with E-state index in [9.17, 15) is 14.7 Å². The number of hydrogen-bond acceptors (Lipinski definition) is 4. The quantitative estimate of drug-likeness (QED) is 0.743. The van der Waals surface area contributed by atoms with Gasteiger partial charge < -0.3 is 10.4 Å². The van der Waals surface area contributed by atoms with Crippen LogP contribution in [0.3, 0.4) is 0 Å². The molecular weight excluding hydrogens is 318 g/mol. The maximum Gasteiger partial charge on any atom is 0.275 e. The first-order valence-corrected chi connectivity index (χ1v) is 8.05. The molecule has 0 spiro atoms. The van der Waals surface area contributed by atoms with Crippen LogP contribution >= 0.6 is 0 Å². The van der Waals surface area contributed by atoms with Crippen molar-refractivity contribution in [3.05, 3.63) is 70.1 Å². The van der Waals surface area contributed by atoms with Gasteiger partial charge in [-0.25, -0.2) is 4.68 Å². The Labute approximate surface area is 144 Å². The molecular formula is C19H19N3O3. The topological polar surface area (TPSA) is 84.2 Å². The van der Waals surface area contributed by atoms with E-state index in [0.717, 1.165) is 10.9 Å². The molecule has 0 atom stereocenters. The highest BCUT2D eigenvalue weighted by Crippen LogP contribution is 2.12. The van der Waals surface area contributed by atoms with E-state index in [4.69, 9.17) is 0 Å². The number of aryl methyl sites for hydroxylation is 1. The number of nitrogens with one attached hydrogen (secondary N) is 1. The van der Waals surface area contributed by atoms with Crippen molar-refractivity contribution >= 4 is 16.7 Å². The van der Waals surface area contributed by atoms with E-state index in [2.05, 4.69) is 10.4 Å². The fourth-order valence-corrected chi connectivity index (χ4v) is 2.76. The number of phenols is 1. The van der Waals surface area contributed by atoms with Crippen LogP contribution in [0.2, 0.25) is 0 Å². The molecule has 0 bridgehead atoms. The Bertz CT molecular complexity index is 979. The minimum absolute atomic E-state index is 0.120. The van der Waals surface area contributed by atoms with Crippen LogP contribution in [-0.4, -0.2) is 27.3 Å². The zero-order valence-electron chi connectivity index (χ0n) is 13.9. The molecule has 0 unspecified atom stereocenters. The number of fused-ring (bicyclic) bond motifs is 1. The van der Waals surface area contributed by atoms with Crippen molar-refractivity contribution in [3.63, 3.8) is 0 Å². The molecule has 0 saturated heterocycles. The predicted octanol–water partition coefficient (Wildman–Crippen LogP) is 1.77. The van der Waals surface area contributed by atoms with Crippen LogP contribution in [0.4, 0.5) is 0 Å². The minimum atomic E-state index is -0.274. The van der Waals surface area contributed by atoms with Crippen molar-refractivity contribution in [2.75, 3.05) is 6.54 Å². The number of phenolic OH excluding ortho intramolecular Hbond substituents is 1. The van der Waals surface area contributed by atoms with Crippen molar-refractivity contribution in [3.8, 4) is 5.75 Å². The van der Waals surface area contributed by atoms with Crippen LogP contribution in [0.25, 0.3) is 10.8 Å². The van der Waals surface area contributed by atoms with Crippen molar-refractivity contribution in [2.24, 2.45) is 0 Å². The lowest BCUT2D eigenvalue weighted by atomic mass is 10.1. The summed E-state index contributed by atoms with van der Waals surface area (Å²) in [7, 11) is 0. The van der Waals surface area contributed by atoms with Crippen molar-refractivity contribution in [2.45, 2.75) is 19.9 Å². The van der Waals surface area contributed by atoms with Crippen LogP contribution in [0.1, 0.15) is 11.3 Å². The fourth-order valence-electron chi connectivity index (χ4n) is 2.76. The van der Waals surface area contributed by atoms with Gasteiger partial charge in [-0.2, -0.15) is 5.10 Å². The lowest BCUT2D eigenvalue weighted by Crippen LogP contribution is -2.35. The van der Waals surface area contributed by atoms with Gasteiger partial charge in [0.2, 0.25) is 5.91 Å². The molecule has 1 amide bonds. The summed E-state index contributed by atoms with van der Waals surface area (Å²) in [5.74, 6) is -0.0735. The predicted molar refractivity (Wildman–Crippen MR) is 95.6 cm³/mol. The molecule has 6 nitrogen and oxygen atoms in total. The SMILES string of the molecule is Cc1nn(CC(=O)NCCc2cccc(O)c2)c(=O)c2ccccc12. The average molecular weight is 337 g/mol. The number of amides is 1. The number of rotatable bonds is 5. The number of hydrogen-bond donors (Lipinski definition) is 2. The number of aromatic nitrogens is 2. The Balaban J connectivity index is 1.66. The van der Waals surface area contributed by atoms with Gasteiger partial charge in [-0.05, 0) is 37.1 Å². The molecule has 6 heteroatoms. The zero-order valence-corrected chi connectivity index (χ0v) is 13.9. The third kappa shape index (κ3) is 3.85. The van der Waals surface area contributed by atoms with Gasteiger partial charge in [0, 0.05) is 11.9 Å². The molecule has 2 aromatic carbocycles. The van der Waals surface area contributed by atoms with Crippen molar-refractivity contribution in [1.29, 1.82) is 0 Å². The minimum Gasteiger partial charge on any atom is -0.508 e. The zero-order chi connectivity index (χ0) is 17.8. The maximum atomic E-state index is 12.4. The third-order valence-electron chi connectivity index (χ3n) is 3.99. The van der Waals surface area contributed by atoms with Crippen LogP contribution in [0.5, 0.6) is 5.75 Å². The number of carbonyl (C=O) groups is 1. The molecule has 2 N–H and O–H groups in total. The molecule has 3 aromatic rings. The average Bonchev–Trinajstić information content (AvgIpc) is 2.59. The molecule has 3 rings (SSSR count). The van der Waals surface area contributed by atoms with Crippen LogP contribution in [0, 0.1) is 6.92 Å². The van der Waals surface area contributed by atoms with Crippen molar-refractivity contribution < 1.29 is 9.90 Å². The van der Waals surface area contributed by atoms with E-state index in [1.165, 1.54) is 4.68 Å².